The van der Waals surface area contributed by atoms with Crippen LogP contribution in [0.5, 0.6) is 0 Å². The number of nitrogens with zero attached hydrogens (tertiary/aromatic N) is 1. The van der Waals surface area contributed by atoms with Crippen LogP contribution in [0.1, 0.15) is 38.5 Å². The van der Waals surface area contributed by atoms with Gasteiger partial charge < -0.3 is 5.73 Å². The van der Waals surface area contributed by atoms with Gasteiger partial charge in [-0.2, -0.15) is 4.31 Å². The molecular formula is C11H22N2O2S. The minimum atomic E-state index is -3.05. The van der Waals surface area contributed by atoms with E-state index in [1.54, 1.807) is 4.31 Å². The largest absolute Gasteiger partial charge is 0.329 e. The van der Waals surface area contributed by atoms with E-state index < -0.39 is 10.0 Å². The van der Waals surface area contributed by atoms with E-state index in [0.29, 0.717) is 24.8 Å². The second-order valence-corrected chi connectivity index (χ2v) is 7.09. The zero-order valence-corrected chi connectivity index (χ0v) is 10.6. The van der Waals surface area contributed by atoms with Crippen LogP contribution in [0.2, 0.25) is 0 Å². The maximum atomic E-state index is 12.2. The number of hydrogen-bond donors (Lipinski definition) is 1. The summed E-state index contributed by atoms with van der Waals surface area (Å²) < 4.78 is 26.0. The summed E-state index contributed by atoms with van der Waals surface area (Å²) in [6.45, 7) is 1.14. The fraction of sp³-hybridized carbons (Fsp3) is 1.00. The Morgan fingerprint density at radius 2 is 1.94 bits per heavy atom. The van der Waals surface area contributed by atoms with Gasteiger partial charge in [0.05, 0.1) is 5.75 Å². The van der Waals surface area contributed by atoms with E-state index in [1.165, 1.54) is 12.8 Å². The Balaban J connectivity index is 1.95. The van der Waals surface area contributed by atoms with Gasteiger partial charge in [-0.05, 0) is 25.2 Å². The van der Waals surface area contributed by atoms with Gasteiger partial charge in [0.25, 0.3) is 0 Å². The Kier molecular flexibility index (Phi) is 3.87. The van der Waals surface area contributed by atoms with E-state index in [4.69, 9.17) is 5.73 Å². The molecule has 0 spiro atoms. The van der Waals surface area contributed by atoms with Crippen LogP contribution in [0, 0.1) is 5.92 Å². The van der Waals surface area contributed by atoms with Crippen LogP contribution in [-0.2, 0) is 10.0 Å². The van der Waals surface area contributed by atoms with Crippen molar-refractivity contribution in [3.63, 3.8) is 0 Å². The number of sulfonamides is 1. The molecule has 2 fully saturated rings. The van der Waals surface area contributed by atoms with Crippen LogP contribution in [0.4, 0.5) is 0 Å². The third-order valence-electron chi connectivity index (χ3n) is 3.68. The quantitative estimate of drug-likeness (QED) is 0.785. The third-order valence-corrected chi connectivity index (χ3v) is 5.63. The van der Waals surface area contributed by atoms with Crippen molar-refractivity contribution in [1.82, 2.24) is 4.31 Å². The highest BCUT2D eigenvalue weighted by Crippen LogP contribution is 2.33. The van der Waals surface area contributed by atoms with Crippen molar-refractivity contribution in [2.24, 2.45) is 11.7 Å². The molecule has 0 radical (unpaired) electrons. The van der Waals surface area contributed by atoms with Crippen molar-refractivity contribution in [3.8, 4) is 0 Å². The molecule has 0 aromatic rings. The molecule has 2 rings (SSSR count). The lowest BCUT2D eigenvalue weighted by Crippen LogP contribution is -2.48. The second-order valence-electron chi connectivity index (χ2n) is 5.04. The molecule has 1 saturated heterocycles. The molecule has 1 aliphatic carbocycles. The molecule has 1 aliphatic heterocycles. The highest BCUT2D eigenvalue weighted by Gasteiger charge is 2.32. The maximum Gasteiger partial charge on any atom is 0.214 e. The van der Waals surface area contributed by atoms with Crippen LogP contribution in [0.25, 0.3) is 0 Å². The smallest absolute Gasteiger partial charge is 0.214 e. The average Bonchev–Trinajstić information content (AvgIpc) is 3.10. The molecule has 1 unspecified atom stereocenters. The van der Waals surface area contributed by atoms with Crippen LogP contribution < -0.4 is 5.73 Å². The zero-order valence-electron chi connectivity index (χ0n) is 9.77. The van der Waals surface area contributed by atoms with Crippen LogP contribution in [-0.4, -0.2) is 37.6 Å². The van der Waals surface area contributed by atoms with Crippen LogP contribution in [0.15, 0.2) is 0 Å². The number of nitrogens with two attached hydrogens (primary N) is 1. The number of hydrogen-bond acceptors (Lipinski definition) is 3. The van der Waals surface area contributed by atoms with Gasteiger partial charge in [-0.15, -0.1) is 0 Å². The van der Waals surface area contributed by atoms with Crippen molar-refractivity contribution in [2.45, 2.75) is 44.6 Å². The Bertz CT molecular complexity index is 325. The van der Waals surface area contributed by atoms with Crippen LogP contribution in [0.3, 0.4) is 0 Å². The van der Waals surface area contributed by atoms with Crippen molar-refractivity contribution >= 4 is 10.0 Å². The first-order valence-electron chi connectivity index (χ1n) is 6.33. The predicted molar refractivity (Wildman–Crippen MR) is 64.5 cm³/mol. The lowest BCUT2D eigenvalue weighted by molar-refractivity contribution is 0.257. The van der Waals surface area contributed by atoms with E-state index in [9.17, 15) is 8.42 Å². The van der Waals surface area contributed by atoms with Gasteiger partial charge in [0.1, 0.15) is 0 Å². The molecule has 0 amide bonds. The first-order valence-corrected chi connectivity index (χ1v) is 7.94. The summed E-state index contributed by atoms with van der Waals surface area (Å²) in [4.78, 5) is 0. The van der Waals surface area contributed by atoms with Crippen molar-refractivity contribution < 1.29 is 8.42 Å². The van der Waals surface area contributed by atoms with Crippen LogP contribution >= 0.6 is 0 Å². The number of rotatable bonds is 5. The molecule has 1 atom stereocenters. The van der Waals surface area contributed by atoms with E-state index in [-0.39, 0.29) is 6.04 Å². The Morgan fingerprint density at radius 3 is 2.56 bits per heavy atom. The first-order chi connectivity index (χ1) is 7.63. The van der Waals surface area contributed by atoms with E-state index in [1.807, 2.05) is 0 Å². The Hall–Kier alpha value is -0.130. The summed E-state index contributed by atoms with van der Waals surface area (Å²) in [7, 11) is -3.05. The lowest BCUT2D eigenvalue weighted by Gasteiger charge is -2.33. The van der Waals surface area contributed by atoms with Gasteiger partial charge in [-0.3, -0.25) is 0 Å². The topological polar surface area (TPSA) is 63.4 Å². The predicted octanol–water partition coefficient (Wildman–Crippen LogP) is 0.929. The maximum absolute atomic E-state index is 12.2. The van der Waals surface area contributed by atoms with Gasteiger partial charge in [-0.25, -0.2) is 8.42 Å². The highest BCUT2D eigenvalue weighted by molar-refractivity contribution is 7.89. The second kappa shape index (κ2) is 5.02. The fourth-order valence-corrected chi connectivity index (χ4v) is 4.33. The van der Waals surface area contributed by atoms with Crippen molar-refractivity contribution in [3.05, 3.63) is 0 Å². The molecule has 16 heavy (non-hydrogen) atoms. The lowest BCUT2D eigenvalue weighted by atomic mass is 10.1. The molecular weight excluding hydrogens is 224 g/mol. The van der Waals surface area contributed by atoms with Crippen molar-refractivity contribution in [1.29, 1.82) is 0 Å². The summed E-state index contributed by atoms with van der Waals surface area (Å²) in [6, 6.07) is 0.0537. The third kappa shape index (κ3) is 2.96. The average molecular weight is 246 g/mol. The molecule has 2 N–H and O–H groups in total. The summed E-state index contributed by atoms with van der Waals surface area (Å²) in [5.41, 5.74) is 5.65. The molecule has 2 aliphatic rings. The standard InChI is InChI=1S/C11H22N2O2S/c12-9-11-3-1-2-7-13(11)16(14,15)8-6-10-4-5-10/h10-11H,1-9,12H2. The SMILES string of the molecule is NCC1CCCCN1S(=O)(=O)CCC1CC1. The van der Waals surface area contributed by atoms with E-state index in [0.717, 1.165) is 25.7 Å². The minimum absolute atomic E-state index is 0.0537. The minimum Gasteiger partial charge on any atom is -0.329 e. The summed E-state index contributed by atoms with van der Waals surface area (Å²) in [5, 5.41) is 0. The summed E-state index contributed by atoms with van der Waals surface area (Å²) >= 11 is 0. The fourth-order valence-electron chi connectivity index (χ4n) is 2.42. The van der Waals surface area contributed by atoms with Gasteiger partial charge >= 0.3 is 0 Å². The van der Waals surface area contributed by atoms with Gasteiger partial charge in [0.2, 0.25) is 10.0 Å². The Labute approximate surface area is 98.2 Å². The number of piperidine rings is 1. The molecule has 0 aromatic carbocycles. The summed E-state index contributed by atoms with van der Waals surface area (Å²) in [6.07, 6.45) is 6.30. The first kappa shape index (κ1) is 12.3. The molecule has 5 heteroatoms. The Morgan fingerprint density at radius 1 is 1.19 bits per heavy atom. The molecule has 1 heterocycles. The normalized spacial score (nSPS) is 28.2. The van der Waals surface area contributed by atoms with E-state index >= 15 is 0 Å². The molecule has 1 saturated carbocycles. The molecule has 4 nitrogen and oxygen atoms in total. The molecule has 94 valence electrons. The van der Waals surface area contributed by atoms with E-state index in [2.05, 4.69) is 0 Å². The van der Waals surface area contributed by atoms with Gasteiger partial charge in [0, 0.05) is 19.1 Å². The van der Waals surface area contributed by atoms with Gasteiger partial charge in [0.15, 0.2) is 0 Å². The van der Waals surface area contributed by atoms with Gasteiger partial charge in [-0.1, -0.05) is 19.3 Å². The summed E-state index contributed by atoms with van der Waals surface area (Å²) in [5.74, 6) is 1.00. The van der Waals surface area contributed by atoms with Crippen molar-refractivity contribution in [2.75, 3.05) is 18.8 Å². The molecule has 0 aromatic heterocycles. The monoisotopic (exact) mass is 246 g/mol. The zero-order chi connectivity index (χ0) is 11.6. The molecule has 0 bridgehead atoms. The highest BCUT2D eigenvalue weighted by atomic mass is 32.2.